The van der Waals surface area contributed by atoms with Crippen molar-refractivity contribution in [1.82, 2.24) is 4.90 Å². The van der Waals surface area contributed by atoms with E-state index in [0.29, 0.717) is 4.91 Å². The molecule has 2 aromatic carbocycles. The molecule has 1 heterocycles. The summed E-state index contributed by atoms with van der Waals surface area (Å²) >= 11 is 0.970. The molecule has 1 saturated heterocycles. The topological polar surface area (TPSA) is 37.4 Å². The molecule has 0 spiro atoms. The number of carbonyl (C=O) groups is 2. The van der Waals surface area contributed by atoms with Gasteiger partial charge in [-0.3, -0.25) is 14.5 Å². The minimum Gasteiger partial charge on any atom is -0.268 e. The molecule has 1 fully saturated rings. The summed E-state index contributed by atoms with van der Waals surface area (Å²) in [6, 6.07) is 16.3. The summed E-state index contributed by atoms with van der Waals surface area (Å²) in [5.74, 6) is -0.257. The van der Waals surface area contributed by atoms with E-state index in [1.807, 2.05) is 24.3 Å². The Morgan fingerprint density at radius 2 is 1.58 bits per heavy atom. The van der Waals surface area contributed by atoms with Crippen molar-refractivity contribution in [2.24, 2.45) is 0 Å². The highest BCUT2D eigenvalue weighted by Gasteiger charge is 2.33. The molecule has 120 valence electrons. The lowest BCUT2D eigenvalue weighted by Gasteiger charge is -2.07. The Morgan fingerprint density at radius 1 is 1.00 bits per heavy atom. The molecule has 3 nitrogen and oxygen atoms in total. The first-order valence-corrected chi connectivity index (χ1v) is 8.43. The van der Waals surface area contributed by atoms with Gasteiger partial charge in [-0.25, -0.2) is 0 Å². The van der Waals surface area contributed by atoms with Crippen LogP contribution in [0.4, 0.5) is 4.79 Å². The number of benzene rings is 2. The largest absolute Gasteiger partial charge is 0.293 e. The van der Waals surface area contributed by atoms with E-state index < -0.39 is 0 Å². The van der Waals surface area contributed by atoms with Gasteiger partial charge in [0.1, 0.15) is 0 Å². The van der Waals surface area contributed by atoms with Crippen LogP contribution in [0.5, 0.6) is 0 Å². The van der Waals surface area contributed by atoms with Crippen molar-refractivity contribution in [2.45, 2.75) is 6.92 Å². The van der Waals surface area contributed by atoms with Crippen LogP contribution in [0.25, 0.3) is 17.2 Å². The van der Waals surface area contributed by atoms with Gasteiger partial charge in [0.25, 0.3) is 11.1 Å². The number of amides is 2. The molecule has 4 heteroatoms. The maximum atomic E-state index is 12.2. The van der Waals surface area contributed by atoms with Crippen LogP contribution in [0.15, 0.2) is 66.1 Å². The standard InChI is InChI=1S/C20H17NO2S/c1-3-12-21-19(22)18(24-20(21)23)13-15-6-10-17(11-7-15)16-8-4-14(2)5-9-16/h3-11,13H,1,12H2,2H3/b18-13-. The molecule has 0 aliphatic carbocycles. The number of rotatable bonds is 4. The van der Waals surface area contributed by atoms with Gasteiger partial charge < -0.3 is 0 Å². The molecule has 0 aromatic heterocycles. The van der Waals surface area contributed by atoms with Gasteiger partial charge in [-0.15, -0.1) is 6.58 Å². The van der Waals surface area contributed by atoms with E-state index >= 15 is 0 Å². The van der Waals surface area contributed by atoms with E-state index in [2.05, 4.69) is 37.8 Å². The normalized spacial score (nSPS) is 16.0. The lowest BCUT2D eigenvalue weighted by atomic mass is 10.0. The average Bonchev–Trinajstić information content (AvgIpc) is 2.84. The molecule has 0 bridgehead atoms. The van der Waals surface area contributed by atoms with Crippen LogP contribution in [-0.2, 0) is 4.79 Å². The Morgan fingerprint density at radius 3 is 2.17 bits per heavy atom. The van der Waals surface area contributed by atoms with Crippen LogP contribution in [0.3, 0.4) is 0 Å². The van der Waals surface area contributed by atoms with Gasteiger partial charge in [-0.05, 0) is 41.5 Å². The number of hydrogen-bond acceptors (Lipinski definition) is 3. The van der Waals surface area contributed by atoms with Crippen molar-refractivity contribution in [3.8, 4) is 11.1 Å². The Kier molecular flexibility index (Phi) is 4.67. The summed E-state index contributed by atoms with van der Waals surface area (Å²) in [6.45, 7) is 5.88. The third-order valence-corrected chi connectivity index (χ3v) is 4.69. The third kappa shape index (κ3) is 3.34. The van der Waals surface area contributed by atoms with Crippen LogP contribution in [0.2, 0.25) is 0 Å². The maximum absolute atomic E-state index is 12.2. The second-order valence-corrected chi connectivity index (χ2v) is 6.56. The zero-order valence-corrected chi connectivity index (χ0v) is 14.2. The Balaban J connectivity index is 1.81. The van der Waals surface area contributed by atoms with Gasteiger partial charge in [0.15, 0.2) is 0 Å². The van der Waals surface area contributed by atoms with E-state index in [9.17, 15) is 9.59 Å². The van der Waals surface area contributed by atoms with Gasteiger partial charge in [0.05, 0.1) is 4.91 Å². The zero-order valence-electron chi connectivity index (χ0n) is 13.4. The van der Waals surface area contributed by atoms with Crippen molar-refractivity contribution in [1.29, 1.82) is 0 Å². The second kappa shape index (κ2) is 6.89. The molecule has 0 atom stereocenters. The first-order chi connectivity index (χ1) is 11.6. The number of nitrogens with zero attached hydrogens (tertiary/aromatic N) is 1. The summed E-state index contributed by atoms with van der Waals surface area (Å²) in [5.41, 5.74) is 4.39. The smallest absolute Gasteiger partial charge is 0.268 e. The highest BCUT2D eigenvalue weighted by molar-refractivity contribution is 8.18. The Labute approximate surface area is 145 Å². The number of hydrogen-bond donors (Lipinski definition) is 0. The highest BCUT2D eigenvalue weighted by atomic mass is 32.2. The molecule has 2 amide bonds. The van der Waals surface area contributed by atoms with Gasteiger partial charge in [0.2, 0.25) is 0 Å². The fraction of sp³-hybridized carbons (Fsp3) is 0.100. The molecule has 2 aromatic rings. The molecule has 3 rings (SSSR count). The van der Waals surface area contributed by atoms with Crippen molar-refractivity contribution >= 4 is 29.0 Å². The monoisotopic (exact) mass is 335 g/mol. The fourth-order valence-corrected chi connectivity index (χ4v) is 3.30. The summed E-state index contributed by atoms with van der Waals surface area (Å²) in [7, 11) is 0. The molecule has 0 saturated carbocycles. The van der Waals surface area contributed by atoms with Gasteiger partial charge in [-0.2, -0.15) is 0 Å². The van der Waals surface area contributed by atoms with E-state index in [1.165, 1.54) is 10.5 Å². The molecule has 0 unspecified atom stereocenters. The van der Waals surface area contributed by atoms with Crippen LogP contribution in [-0.4, -0.2) is 22.6 Å². The van der Waals surface area contributed by atoms with Crippen LogP contribution in [0.1, 0.15) is 11.1 Å². The quantitative estimate of drug-likeness (QED) is 0.590. The lowest BCUT2D eigenvalue weighted by Crippen LogP contribution is -2.27. The first kappa shape index (κ1) is 16.3. The SMILES string of the molecule is C=CCN1C(=O)S/C(=C\c2ccc(-c3ccc(C)cc3)cc2)C1=O. The molecule has 24 heavy (non-hydrogen) atoms. The van der Waals surface area contributed by atoms with E-state index in [-0.39, 0.29) is 17.7 Å². The fourth-order valence-electron chi connectivity index (χ4n) is 2.46. The molecular formula is C20H17NO2S. The van der Waals surface area contributed by atoms with Crippen molar-refractivity contribution in [3.63, 3.8) is 0 Å². The molecule has 0 N–H and O–H groups in total. The lowest BCUT2D eigenvalue weighted by molar-refractivity contribution is -0.122. The van der Waals surface area contributed by atoms with Gasteiger partial charge >= 0.3 is 0 Å². The van der Waals surface area contributed by atoms with E-state index in [4.69, 9.17) is 0 Å². The van der Waals surface area contributed by atoms with Crippen molar-refractivity contribution in [2.75, 3.05) is 6.54 Å². The van der Waals surface area contributed by atoms with Crippen LogP contribution >= 0.6 is 11.8 Å². The minimum atomic E-state index is -0.257. The van der Waals surface area contributed by atoms with Crippen molar-refractivity contribution in [3.05, 3.63) is 77.2 Å². The minimum absolute atomic E-state index is 0.244. The first-order valence-electron chi connectivity index (χ1n) is 7.62. The van der Waals surface area contributed by atoms with E-state index in [0.717, 1.165) is 28.5 Å². The summed E-state index contributed by atoms with van der Waals surface area (Å²) in [6.07, 6.45) is 3.31. The van der Waals surface area contributed by atoms with Gasteiger partial charge in [-0.1, -0.05) is 60.2 Å². The number of aryl methyl sites for hydroxylation is 1. The highest BCUT2D eigenvalue weighted by Crippen LogP contribution is 2.32. The Hall–Kier alpha value is -2.59. The molecule has 0 radical (unpaired) electrons. The third-order valence-electron chi connectivity index (χ3n) is 3.78. The number of imide groups is 1. The van der Waals surface area contributed by atoms with Gasteiger partial charge in [0, 0.05) is 6.54 Å². The summed E-state index contributed by atoms with van der Waals surface area (Å²) in [4.78, 5) is 25.7. The predicted molar refractivity (Wildman–Crippen MR) is 99.5 cm³/mol. The summed E-state index contributed by atoms with van der Waals surface area (Å²) < 4.78 is 0. The molecular weight excluding hydrogens is 318 g/mol. The maximum Gasteiger partial charge on any atom is 0.293 e. The van der Waals surface area contributed by atoms with Crippen LogP contribution < -0.4 is 0 Å². The van der Waals surface area contributed by atoms with Crippen LogP contribution in [0, 0.1) is 6.92 Å². The molecule has 1 aliphatic rings. The van der Waals surface area contributed by atoms with Crippen molar-refractivity contribution < 1.29 is 9.59 Å². The number of carbonyl (C=O) groups excluding carboxylic acids is 2. The molecule has 1 aliphatic heterocycles. The average molecular weight is 335 g/mol. The second-order valence-electron chi connectivity index (χ2n) is 5.57. The Bertz CT molecular complexity index is 820. The summed E-state index contributed by atoms with van der Waals surface area (Å²) in [5, 5.41) is -0.248. The predicted octanol–water partition coefficient (Wildman–Crippen LogP) is 4.88. The number of thioether (sulfide) groups is 1. The zero-order chi connectivity index (χ0) is 17.1. The van der Waals surface area contributed by atoms with E-state index in [1.54, 1.807) is 12.2 Å².